The van der Waals surface area contributed by atoms with Gasteiger partial charge in [0.1, 0.15) is 5.01 Å². The van der Waals surface area contributed by atoms with Crippen LogP contribution >= 0.6 is 11.3 Å². The van der Waals surface area contributed by atoms with Gasteiger partial charge < -0.3 is 4.74 Å². The van der Waals surface area contributed by atoms with Crippen LogP contribution < -0.4 is 5.32 Å². The summed E-state index contributed by atoms with van der Waals surface area (Å²) < 4.78 is 5.42. The van der Waals surface area contributed by atoms with E-state index in [4.69, 9.17) is 4.74 Å². The Balaban J connectivity index is 1.80. The van der Waals surface area contributed by atoms with Crippen LogP contribution in [0.2, 0.25) is 0 Å². The fourth-order valence-electron chi connectivity index (χ4n) is 1.74. The molecule has 1 saturated heterocycles. The van der Waals surface area contributed by atoms with Gasteiger partial charge in [0.05, 0.1) is 19.3 Å². The van der Waals surface area contributed by atoms with Gasteiger partial charge in [0.15, 0.2) is 0 Å². The van der Waals surface area contributed by atoms with Gasteiger partial charge in [-0.15, -0.1) is 10.2 Å². The minimum Gasteiger partial charge on any atom is -0.376 e. The summed E-state index contributed by atoms with van der Waals surface area (Å²) in [5, 5.41) is 11.9. The Morgan fingerprint density at radius 3 is 3.12 bits per heavy atom. The van der Waals surface area contributed by atoms with Crippen LogP contribution in [-0.4, -0.2) is 53.3 Å². The topological polar surface area (TPSA) is 67.4 Å². The molecule has 0 radical (unpaired) electrons. The van der Waals surface area contributed by atoms with Crippen LogP contribution in [-0.2, 0) is 9.53 Å². The van der Waals surface area contributed by atoms with Crippen molar-refractivity contribution < 1.29 is 9.53 Å². The number of aromatic nitrogens is 2. The lowest BCUT2D eigenvalue weighted by Gasteiger charge is -2.30. The average molecular weight is 256 g/mol. The van der Waals surface area contributed by atoms with Crippen molar-refractivity contribution in [3.8, 4) is 0 Å². The highest BCUT2D eigenvalue weighted by molar-refractivity contribution is 7.15. The number of carbonyl (C=O) groups is 1. The van der Waals surface area contributed by atoms with Gasteiger partial charge in [0.25, 0.3) is 0 Å². The second-order valence-electron chi connectivity index (χ2n) is 4.09. The third-order valence-corrected chi connectivity index (χ3v) is 3.22. The average Bonchev–Trinajstić information content (AvgIpc) is 2.63. The van der Waals surface area contributed by atoms with Crippen molar-refractivity contribution in [3.05, 3.63) is 5.01 Å². The Labute approximate surface area is 104 Å². The van der Waals surface area contributed by atoms with E-state index in [2.05, 4.69) is 20.4 Å². The maximum absolute atomic E-state index is 11.7. The van der Waals surface area contributed by atoms with Gasteiger partial charge in [-0.3, -0.25) is 15.0 Å². The van der Waals surface area contributed by atoms with Gasteiger partial charge in [0, 0.05) is 13.1 Å². The maximum Gasteiger partial charge on any atom is 0.240 e. The zero-order valence-electron chi connectivity index (χ0n) is 9.97. The van der Waals surface area contributed by atoms with Crippen LogP contribution in [0.5, 0.6) is 0 Å². The van der Waals surface area contributed by atoms with E-state index in [9.17, 15) is 4.79 Å². The lowest BCUT2D eigenvalue weighted by atomic mass is 10.3. The highest BCUT2D eigenvalue weighted by Gasteiger charge is 2.19. The van der Waals surface area contributed by atoms with Gasteiger partial charge in [-0.2, -0.15) is 0 Å². The van der Waals surface area contributed by atoms with E-state index in [1.165, 1.54) is 11.3 Å². The molecule has 7 heteroatoms. The van der Waals surface area contributed by atoms with Crippen molar-refractivity contribution in [3.63, 3.8) is 0 Å². The third-order valence-electron chi connectivity index (χ3n) is 2.46. The second-order valence-corrected chi connectivity index (χ2v) is 5.27. The van der Waals surface area contributed by atoms with Crippen LogP contribution in [0.4, 0.5) is 5.13 Å². The number of rotatable bonds is 3. The molecule has 0 aliphatic carbocycles. The molecule has 1 aliphatic heterocycles. The highest BCUT2D eigenvalue weighted by Crippen LogP contribution is 2.13. The van der Waals surface area contributed by atoms with Crippen LogP contribution in [0.15, 0.2) is 0 Å². The quantitative estimate of drug-likeness (QED) is 0.853. The standard InChI is InChI=1S/C10H16N4O2S/c1-7-5-14(3-4-16-7)6-9(15)11-10-13-12-8(2)17-10/h7H,3-6H2,1-2H3,(H,11,13,15). The molecule has 0 aromatic carbocycles. The molecule has 17 heavy (non-hydrogen) atoms. The Hall–Kier alpha value is -1.05. The van der Waals surface area contributed by atoms with Crippen LogP contribution in [0.3, 0.4) is 0 Å². The van der Waals surface area contributed by atoms with E-state index in [1.54, 1.807) is 0 Å². The lowest BCUT2D eigenvalue weighted by molar-refractivity contribution is -0.119. The zero-order chi connectivity index (χ0) is 12.3. The first-order valence-corrected chi connectivity index (χ1v) is 6.39. The minimum atomic E-state index is -0.0461. The minimum absolute atomic E-state index is 0.0461. The van der Waals surface area contributed by atoms with Gasteiger partial charge in [-0.1, -0.05) is 11.3 Å². The number of aryl methyl sites for hydroxylation is 1. The number of amides is 1. The molecule has 1 fully saturated rings. The van der Waals surface area contributed by atoms with Crippen LogP contribution in [0, 0.1) is 6.92 Å². The fourth-order valence-corrected chi connectivity index (χ4v) is 2.35. The molecule has 0 spiro atoms. The molecule has 0 bridgehead atoms. The number of nitrogens with one attached hydrogen (secondary N) is 1. The summed E-state index contributed by atoms with van der Waals surface area (Å²) in [6, 6.07) is 0. The van der Waals surface area contributed by atoms with Crippen molar-refractivity contribution in [2.24, 2.45) is 0 Å². The first-order valence-electron chi connectivity index (χ1n) is 5.57. The monoisotopic (exact) mass is 256 g/mol. The smallest absolute Gasteiger partial charge is 0.240 e. The molecular formula is C10H16N4O2S. The number of hydrogen-bond acceptors (Lipinski definition) is 6. The molecule has 2 rings (SSSR count). The molecule has 1 N–H and O–H groups in total. The summed E-state index contributed by atoms with van der Waals surface area (Å²) in [7, 11) is 0. The molecule has 94 valence electrons. The van der Waals surface area contributed by atoms with E-state index in [-0.39, 0.29) is 12.0 Å². The summed E-state index contributed by atoms with van der Waals surface area (Å²) in [5.41, 5.74) is 0. The summed E-state index contributed by atoms with van der Waals surface area (Å²) in [5.74, 6) is -0.0461. The Morgan fingerprint density at radius 1 is 1.65 bits per heavy atom. The van der Waals surface area contributed by atoms with Crippen molar-refractivity contribution in [2.45, 2.75) is 20.0 Å². The van der Waals surface area contributed by atoms with E-state index in [0.29, 0.717) is 18.3 Å². The summed E-state index contributed by atoms with van der Waals surface area (Å²) in [4.78, 5) is 13.8. The molecule has 1 aliphatic rings. The van der Waals surface area contributed by atoms with Gasteiger partial charge in [0.2, 0.25) is 11.0 Å². The van der Waals surface area contributed by atoms with Crippen molar-refractivity contribution in [1.29, 1.82) is 0 Å². The fraction of sp³-hybridized carbons (Fsp3) is 0.700. The lowest BCUT2D eigenvalue weighted by Crippen LogP contribution is -2.44. The first kappa shape index (κ1) is 12.4. The Morgan fingerprint density at radius 2 is 2.47 bits per heavy atom. The first-order chi connectivity index (χ1) is 8.13. The van der Waals surface area contributed by atoms with E-state index < -0.39 is 0 Å². The number of morpholine rings is 1. The number of ether oxygens (including phenoxy) is 1. The maximum atomic E-state index is 11.7. The molecule has 1 aromatic heterocycles. The number of hydrogen-bond donors (Lipinski definition) is 1. The largest absolute Gasteiger partial charge is 0.376 e. The van der Waals surface area contributed by atoms with E-state index >= 15 is 0 Å². The normalized spacial score (nSPS) is 21.4. The number of nitrogens with zero attached hydrogens (tertiary/aromatic N) is 3. The van der Waals surface area contributed by atoms with Crippen molar-refractivity contribution in [1.82, 2.24) is 15.1 Å². The second kappa shape index (κ2) is 5.52. The van der Waals surface area contributed by atoms with Crippen LogP contribution in [0.1, 0.15) is 11.9 Å². The number of carbonyl (C=O) groups excluding carboxylic acids is 1. The van der Waals surface area contributed by atoms with Gasteiger partial charge in [-0.05, 0) is 13.8 Å². The SMILES string of the molecule is Cc1nnc(NC(=O)CN2CCOC(C)C2)s1. The molecule has 1 aromatic rings. The molecule has 0 saturated carbocycles. The highest BCUT2D eigenvalue weighted by atomic mass is 32.1. The van der Waals surface area contributed by atoms with E-state index in [0.717, 1.165) is 18.1 Å². The Kier molecular flexibility index (Phi) is 4.03. The molecule has 1 unspecified atom stereocenters. The van der Waals surface area contributed by atoms with Crippen molar-refractivity contribution >= 4 is 22.4 Å². The van der Waals surface area contributed by atoms with Crippen LogP contribution in [0.25, 0.3) is 0 Å². The molecule has 1 amide bonds. The molecule has 2 heterocycles. The molecular weight excluding hydrogens is 240 g/mol. The Bertz CT molecular complexity index is 395. The predicted molar refractivity (Wildman–Crippen MR) is 65.1 cm³/mol. The van der Waals surface area contributed by atoms with Crippen molar-refractivity contribution in [2.75, 3.05) is 31.6 Å². The van der Waals surface area contributed by atoms with Gasteiger partial charge >= 0.3 is 0 Å². The summed E-state index contributed by atoms with van der Waals surface area (Å²) in [6.45, 7) is 6.53. The third kappa shape index (κ3) is 3.72. The van der Waals surface area contributed by atoms with Gasteiger partial charge in [-0.25, -0.2) is 0 Å². The molecule has 1 atom stereocenters. The predicted octanol–water partition coefficient (Wildman–Crippen LogP) is 0.506. The summed E-state index contributed by atoms with van der Waals surface area (Å²) >= 11 is 1.38. The molecule has 6 nitrogen and oxygen atoms in total. The zero-order valence-corrected chi connectivity index (χ0v) is 10.8. The van der Waals surface area contributed by atoms with E-state index in [1.807, 2.05) is 13.8 Å². The summed E-state index contributed by atoms with van der Waals surface area (Å²) in [6.07, 6.45) is 0.195. The number of anilines is 1.